The van der Waals surface area contributed by atoms with Crippen LogP contribution in [0, 0.1) is 6.92 Å². The number of rotatable bonds is 5. The van der Waals surface area contributed by atoms with Crippen molar-refractivity contribution in [2.75, 3.05) is 49.5 Å². The van der Waals surface area contributed by atoms with Crippen molar-refractivity contribution in [1.82, 2.24) is 19.8 Å². The topological polar surface area (TPSA) is 64.6 Å². The largest absolute Gasteiger partial charge is 0.356 e. The van der Waals surface area contributed by atoms with E-state index in [4.69, 9.17) is 4.98 Å². The van der Waals surface area contributed by atoms with Crippen LogP contribution in [0.15, 0.2) is 36.5 Å². The van der Waals surface area contributed by atoms with E-state index in [1.807, 2.05) is 43.5 Å². The van der Waals surface area contributed by atoms with E-state index in [1.165, 1.54) is 25.7 Å². The summed E-state index contributed by atoms with van der Waals surface area (Å²) < 4.78 is 0. The summed E-state index contributed by atoms with van der Waals surface area (Å²) in [7, 11) is 0. The highest BCUT2D eigenvalue weighted by Crippen LogP contribution is 2.24. The average Bonchev–Trinajstić information content (AvgIpc) is 3.19. The van der Waals surface area contributed by atoms with Gasteiger partial charge in [-0.15, -0.1) is 0 Å². The number of hydrogen-bond donors (Lipinski definition) is 1. The number of anilines is 2. The van der Waals surface area contributed by atoms with Crippen molar-refractivity contribution in [1.29, 1.82) is 0 Å². The van der Waals surface area contributed by atoms with Crippen LogP contribution in [0.4, 0.5) is 11.8 Å². The number of benzene rings is 1. The van der Waals surface area contributed by atoms with Gasteiger partial charge in [-0.1, -0.05) is 30.5 Å². The zero-order valence-corrected chi connectivity index (χ0v) is 21.2. The minimum absolute atomic E-state index is 0.170. The molecule has 3 saturated heterocycles. The summed E-state index contributed by atoms with van der Waals surface area (Å²) in [5, 5.41) is 3.64. The SMILES string of the molecule is Cc1cccc(C(=O)N2CCCC(N3CCCC(Nc4nccc(N5CCCCCC5)n4)C3)C2)c1. The van der Waals surface area contributed by atoms with E-state index in [2.05, 4.69) is 25.0 Å². The van der Waals surface area contributed by atoms with Crippen LogP contribution in [0.3, 0.4) is 0 Å². The Hall–Kier alpha value is -2.67. The molecule has 1 amide bonds. The summed E-state index contributed by atoms with van der Waals surface area (Å²) in [5.74, 6) is 1.97. The Labute approximate surface area is 209 Å². The highest BCUT2D eigenvalue weighted by atomic mass is 16.2. The van der Waals surface area contributed by atoms with E-state index in [-0.39, 0.29) is 5.91 Å². The van der Waals surface area contributed by atoms with E-state index in [9.17, 15) is 4.79 Å². The molecule has 0 aliphatic carbocycles. The first-order chi connectivity index (χ1) is 17.2. The molecule has 1 N–H and O–H groups in total. The van der Waals surface area contributed by atoms with Gasteiger partial charge in [0.2, 0.25) is 5.95 Å². The predicted octanol–water partition coefficient (Wildman–Crippen LogP) is 4.35. The average molecular weight is 477 g/mol. The molecule has 5 rings (SSSR count). The van der Waals surface area contributed by atoms with Crippen LogP contribution in [0.5, 0.6) is 0 Å². The third-order valence-corrected chi connectivity index (χ3v) is 7.82. The summed E-state index contributed by atoms with van der Waals surface area (Å²) in [4.78, 5) is 29.6. The van der Waals surface area contributed by atoms with Crippen molar-refractivity contribution in [3.8, 4) is 0 Å². The fourth-order valence-electron chi connectivity index (χ4n) is 5.93. The van der Waals surface area contributed by atoms with Gasteiger partial charge < -0.3 is 15.1 Å². The number of aryl methyl sites for hydroxylation is 1. The number of hydrogen-bond acceptors (Lipinski definition) is 6. The minimum Gasteiger partial charge on any atom is -0.356 e. The van der Waals surface area contributed by atoms with E-state index in [0.717, 1.165) is 87.8 Å². The molecule has 2 atom stereocenters. The lowest BCUT2D eigenvalue weighted by Gasteiger charge is -2.43. The van der Waals surface area contributed by atoms with Crippen molar-refractivity contribution < 1.29 is 4.79 Å². The fourth-order valence-corrected chi connectivity index (χ4v) is 5.93. The molecule has 0 radical (unpaired) electrons. The molecule has 35 heavy (non-hydrogen) atoms. The molecule has 188 valence electrons. The van der Waals surface area contributed by atoms with Gasteiger partial charge in [0.1, 0.15) is 5.82 Å². The molecule has 0 spiro atoms. The lowest BCUT2D eigenvalue weighted by atomic mass is 9.98. The first kappa shape index (κ1) is 24.0. The van der Waals surface area contributed by atoms with Crippen LogP contribution in [0.2, 0.25) is 0 Å². The molecule has 7 heteroatoms. The molecule has 1 aromatic heterocycles. The number of amides is 1. The van der Waals surface area contributed by atoms with Gasteiger partial charge >= 0.3 is 0 Å². The van der Waals surface area contributed by atoms with Crippen LogP contribution < -0.4 is 10.2 Å². The Balaban J connectivity index is 1.19. The first-order valence-electron chi connectivity index (χ1n) is 13.6. The molecular weight excluding hydrogens is 436 g/mol. The Morgan fingerprint density at radius 3 is 2.60 bits per heavy atom. The molecule has 0 bridgehead atoms. The Morgan fingerprint density at radius 1 is 0.943 bits per heavy atom. The van der Waals surface area contributed by atoms with Crippen molar-refractivity contribution in [3.05, 3.63) is 47.7 Å². The Bertz CT molecular complexity index is 989. The second-order valence-electron chi connectivity index (χ2n) is 10.5. The number of carbonyl (C=O) groups excluding carboxylic acids is 1. The quantitative estimate of drug-likeness (QED) is 0.692. The number of piperidine rings is 2. The van der Waals surface area contributed by atoms with E-state index in [1.54, 1.807) is 0 Å². The summed E-state index contributed by atoms with van der Waals surface area (Å²) in [6.07, 6.45) is 11.5. The van der Waals surface area contributed by atoms with Crippen molar-refractivity contribution >= 4 is 17.7 Å². The van der Waals surface area contributed by atoms with Crippen molar-refractivity contribution in [2.24, 2.45) is 0 Å². The van der Waals surface area contributed by atoms with Gasteiger partial charge in [0.25, 0.3) is 5.91 Å². The molecular formula is C28H40N6O. The third kappa shape index (κ3) is 6.13. The number of nitrogens with zero attached hydrogens (tertiary/aromatic N) is 5. The third-order valence-electron chi connectivity index (χ3n) is 7.82. The second kappa shape index (κ2) is 11.4. The van der Waals surface area contributed by atoms with Gasteiger partial charge in [-0.3, -0.25) is 9.69 Å². The minimum atomic E-state index is 0.170. The Kier molecular flexibility index (Phi) is 7.82. The summed E-state index contributed by atoms with van der Waals surface area (Å²) in [6.45, 7) is 7.99. The maximum absolute atomic E-state index is 13.1. The van der Waals surface area contributed by atoms with Gasteiger partial charge in [0.05, 0.1) is 0 Å². The lowest BCUT2D eigenvalue weighted by molar-refractivity contribution is 0.0526. The van der Waals surface area contributed by atoms with Crippen LogP contribution >= 0.6 is 0 Å². The van der Waals surface area contributed by atoms with Gasteiger partial charge in [-0.2, -0.15) is 4.98 Å². The monoisotopic (exact) mass is 476 g/mol. The van der Waals surface area contributed by atoms with Gasteiger partial charge in [-0.25, -0.2) is 4.98 Å². The normalized spacial score (nSPS) is 24.1. The number of aromatic nitrogens is 2. The van der Waals surface area contributed by atoms with Crippen LogP contribution in [0.25, 0.3) is 0 Å². The van der Waals surface area contributed by atoms with E-state index in [0.29, 0.717) is 12.1 Å². The fraction of sp³-hybridized carbons (Fsp3) is 0.607. The number of carbonyl (C=O) groups is 1. The first-order valence-corrected chi connectivity index (χ1v) is 13.6. The molecule has 2 aromatic rings. The maximum Gasteiger partial charge on any atom is 0.253 e. The highest BCUT2D eigenvalue weighted by Gasteiger charge is 2.31. The molecule has 1 aromatic carbocycles. The van der Waals surface area contributed by atoms with Crippen LogP contribution in [-0.4, -0.2) is 77.0 Å². The van der Waals surface area contributed by atoms with Crippen LogP contribution in [-0.2, 0) is 0 Å². The second-order valence-corrected chi connectivity index (χ2v) is 10.5. The maximum atomic E-state index is 13.1. The van der Waals surface area contributed by atoms with Crippen LogP contribution in [0.1, 0.15) is 67.3 Å². The molecule has 3 fully saturated rings. The zero-order chi connectivity index (χ0) is 24.0. The highest BCUT2D eigenvalue weighted by molar-refractivity contribution is 5.94. The van der Waals surface area contributed by atoms with Crippen molar-refractivity contribution in [3.63, 3.8) is 0 Å². The molecule has 3 aliphatic rings. The molecule has 2 unspecified atom stereocenters. The number of likely N-dealkylation sites (tertiary alicyclic amines) is 2. The molecule has 0 saturated carbocycles. The van der Waals surface area contributed by atoms with Gasteiger partial charge in [0.15, 0.2) is 0 Å². The molecule has 3 aliphatic heterocycles. The smallest absolute Gasteiger partial charge is 0.253 e. The summed E-state index contributed by atoms with van der Waals surface area (Å²) in [6, 6.07) is 10.8. The zero-order valence-electron chi connectivity index (χ0n) is 21.2. The van der Waals surface area contributed by atoms with Gasteiger partial charge in [0, 0.05) is 56.6 Å². The van der Waals surface area contributed by atoms with E-state index >= 15 is 0 Å². The van der Waals surface area contributed by atoms with Crippen molar-refractivity contribution in [2.45, 2.75) is 70.4 Å². The van der Waals surface area contributed by atoms with Gasteiger partial charge in [-0.05, 0) is 70.2 Å². The van der Waals surface area contributed by atoms with E-state index < -0.39 is 0 Å². The predicted molar refractivity (Wildman–Crippen MR) is 141 cm³/mol. The molecule has 7 nitrogen and oxygen atoms in total. The summed E-state index contributed by atoms with van der Waals surface area (Å²) in [5.41, 5.74) is 1.95. The standard InChI is InChI=1S/C28H40N6O/c1-22-9-6-10-23(19-22)27(35)34-18-8-12-25(21-34)33-17-7-11-24(20-33)30-28-29-14-13-26(31-28)32-15-4-2-3-5-16-32/h6,9-10,13-14,19,24-25H,2-5,7-8,11-12,15-18,20-21H2,1H3,(H,29,30,31). The molecule has 4 heterocycles. The number of nitrogens with one attached hydrogen (secondary N) is 1. The summed E-state index contributed by atoms with van der Waals surface area (Å²) >= 11 is 0. The Morgan fingerprint density at radius 2 is 1.77 bits per heavy atom. The lowest BCUT2D eigenvalue weighted by Crippen LogP contribution is -2.54.